The lowest BCUT2D eigenvalue weighted by molar-refractivity contribution is -0.139. The molecule has 6 heteroatoms. The average Bonchev–Trinajstić information content (AvgIpc) is 2.52. The Kier molecular flexibility index (Phi) is 5.51. The topological polar surface area (TPSA) is 84.9 Å². The van der Waals surface area contributed by atoms with Crippen molar-refractivity contribution in [1.29, 1.82) is 0 Å². The van der Waals surface area contributed by atoms with Gasteiger partial charge in [-0.3, -0.25) is 0 Å². The lowest BCUT2D eigenvalue weighted by Crippen LogP contribution is -2.44. The van der Waals surface area contributed by atoms with Gasteiger partial charge in [-0.05, 0) is 31.7 Å². The number of hydrogen-bond donors (Lipinski definition) is 2. The van der Waals surface area contributed by atoms with Crippen LogP contribution in [0, 0.1) is 0 Å². The van der Waals surface area contributed by atoms with Gasteiger partial charge >= 0.3 is 12.1 Å². The van der Waals surface area contributed by atoms with Gasteiger partial charge in [0.15, 0.2) is 0 Å². The minimum atomic E-state index is -1.14. The van der Waals surface area contributed by atoms with Crippen molar-refractivity contribution in [2.24, 2.45) is 0 Å². The molecular weight excluding hydrogens is 322 g/mol. The maximum Gasteiger partial charge on any atom is 0.408 e. The molecule has 0 heterocycles. The van der Waals surface area contributed by atoms with Gasteiger partial charge in [0.2, 0.25) is 0 Å². The van der Waals surface area contributed by atoms with Crippen LogP contribution in [0.25, 0.3) is 10.8 Å². The summed E-state index contributed by atoms with van der Waals surface area (Å²) in [5.41, 5.74) is -0.00186. The van der Waals surface area contributed by atoms with Crippen LogP contribution in [0.3, 0.4) is 0 Å². The molecule has 2 aromatic rings. The quantitative estimate of drug-likeness (QED) is 0.868. The predicted octanol–water partition coefficient (Wildman–Crippen LogP) is 3.37. The normalized spacial score (nSPS) is 12.5. The van der Waals surface area contributed by atoms with E-state index in [0.29, 0.717) is 11.3 Å². The van der Waals surface area contributed by atoms with Crippen molar-refractivity contribution in [1.82, 2.24) is 5.32 Å². The molecular formula is C19H23NO5. The molecule has 0 saturated heterocycles. The van der Waals surface area contributed by atoms with Crippen molar-refractivity contribution >= 4 is 22.8 Å². The first-order valence-corrected chi connectivity index (χ1v) is 7.98. The van der Waals surface area contributed by atoms with Gasteiger partial charge in [-0.25, -0.2) is 9.59 Å². The highest BCUT2D eigenvalue weighted by Gasteiger charge is 2.25. The Morgan fingerprint density at radius 1 is 1.16 bits per heavy atom. The van der Waals surface area contributed by atoms with E-state index in [0.717, 1.165) is 10.8 Å². The number of hydrogen-bond acceptors (Lipinski definition) is 4. The van der Waals surface area contributed by atoms with E-state index in [1.807, 2.05) is 36.4 Å². The van der Waals surface area contributed by atoms with Crippen LogP contribution < -0.4 is 10.1 Å². The largest absolute Gasteiger partial charge is 0.496 e. The molecule has 0 aliphatic rings. The predicted molar refractivity (Wildman–Crippen MR) is 95.0 cm³/mol. The lowest BCUT2D eigenvalue weighted by Gasteiger charge is -2.22. The van der Waals surface area contributed by atoms with Gasteiger partial charge in [0.1, 0.15) is 17.4 Å². The number of nitrogens with one attached hydrogen (secondary N) is 1. The van der Waals surface area contributed by atoms with Crippen LogP contribution in [-0.2, 0) is 16.0 Å². The van der Waals surface area contributed by atoms with Gasteiger partial charge in [-0.1, -0.05) is 36.4 Å². The highest BCUT2D eigenvalue weighted by molar-refractivity contribution is 5.90. The second-order valence-corrected chi connectivity index (χ2v) is 6.72. The molecule has 0 radical (unpaired) electrons. The van der Waals surface area contributed by atoms with Gasteiger partial charge in [0.05, 0.1) is 7.11 Å². The summed E-state index contributed by atoms with van der Waals surface area (Å²) in [6.07, 6.45) is -0.678. The van der Waals surface area contributed by atoms with Crippen LogP contribution in [0.5, 0.6) is 5.75 Å². The number of benzene rings is 2. The first kappa shape index (κ1) is 18.6. The number of aliphatic carboxylic acids is 1. The van der Waals surface area contributed by atoms with Crippen molar-refractivity contribution in [2.75, 3.05) is 7.11 Å². The molecule has 0 aliphatic heterocycles. The summed E-state index contributed by atoms with van der Waals surface area (Å²) in [4.78, 5) is 23.5. The van der Waals surface area contributed by atoms with Crippen molar-refractivity contribution in [3.05, 3.63) is 42.0 Å². The zero-order valence-corrected chi connectivity index (χ0v) is 14.8. The lowest BCUT2D eigenvalue weighted by atomic mass is 10.00. The van der Waals surface area contributed by atoms with E-state index in [4.69, 9.17) is 9.47 Å². The van der Waals surface area contributed by atoms with Crippen LogP contribution in [0.2, 0.25) is 0 Å². The Morgan fingerprint density at radius 2 is 1.84 bits per heavy atom. The number of carboxylic acids is 1. The number of methoxy groups -OCH3 is 1. The summed E-state index contributed by atoms with van der Waals surface area (Å²) < 4.78 is 10.6. The molecule has 0 spiro atoms. The van der Waals surface area contributed by atoms with Crippen LogP contribution in [0.4, 0.5) is 4.79 Å². The molecule has 0 fully saturated rings. The van der Waals surface area contributed by atoms with Gasteiger partial charge in [0.25, 0.3) is 0 Å². The monoisotopic (exact) mass is 345 g/mol. The Bertz CT molecular complexity index is 779. The SMILES string of the molecule is COc1c(CC(NC(=O)OC(C)(C)C)C(=O)O)ccc2ccccc12. The molecule has 25 heavy (non-hydrogen) atoms. The van der Waals surface area contributed by atoms with E-state index in [-0.39, 0.29) is 6.42 Å². The molecule has 2 N–H and O–H groups in total. The van der Waals surface area contributed by atoms with Gasteiger partial charge < -0.3 is 19.9 Å². The van der Waals surface area contributed by atoms with Crippen LogP contribution in [-0.4, -0.2) is 35.9 Å². The third kappa shape index (κ3) is 4.86. The van der Waals surface area contributed by atoms with Crippen LogP contribution in [0.1, 0.15) is 26.3 Å². The van der Waals surface area contributed by atoms with E-state index in [9.17, 15) is 14.7 Å². The standard InChI is InChI=1S/C19H23NO5/c1-19(2,3)25-18(23)20-15(17(21)22)11-13-10-9-12-7-5-6-8-14(12)16(13)24-4/h5-10,15H,11H2,1-4H3,(H,20,23)(H,21,22). The van der Waals surface area contributed by atoms with Crippen molar-refractivity contribution in [3.8, 4) is 5.75 Å². The zero-order valence-electron chi connectivity index (χ0n) is 14.8. The van der Waals surface area contributed by atoms with Gasteiger partial charge in [-0.15, -0.1) is 0 Å². The molecule has 1 amide bonds. The first-order chi connectivity index (χ1) is 11.7. The molecule has 0 bridgehead atoms. The summed E-state index contributed by atoms with van der Waals surface area (Å²) in [5.74, 6) is -0.531. The fourth-order valence-corrected chi connectivity index (χ4v) is 2.56. The molecule has 1 atom stereocenters. The van der Waals surface area contributed by atoms with Crippen LogP contribution >= 0.6 is 0 Å². The summed E-state index contributed by atoms with van der Waals surface area (Å²) >= 11 is 0. The number of carbonyl (C=O) groups excluding carboxylic acids is 1. The number of carbonyl (C=O) groups is 2. The molecule has 2 aromatic carbocycles. The summed E-state index contributed by atoms with van der Waals surface area (Å²) in [7, 11) is 1.54. The summed E-state index contributed by atoms with van der Waals surface area (Å²) in [6.45, 7) is 5.15. The van der Waals surface area contributed by atoms with Crippen molar-refractivity contribution < 1.29 is 24.2 Å². The van der Waals surface area contributed by atoms with E-state index in [2.05, 4.69) is 5.32 Å². The van der Waals surface area contributed by atoms with E-state index >= 15 is 0 Å². The number of fused-ring (bicyclic) bond motifs is 1. The third-order valence-electron chi connectivity index (χ3n) is 3.58. The van der Waals surface area contributed by atoms with E-state index in [1.165, 1.54) is 0 Å². The number of rotatable bonds is 5. The summed E-state index contributed by atoms with van der Waals surface area (Å²) in [5, 5.41) is 13.7. The maximum absolute atomic E-state index is 11.9. The minimum absolute atomic E-state index is 0.0859. The Balaban J connectivity index is 2.26. The molecule has 6 nitrogen and oxygen atoms in total. The molecule has 134 valence electrons. The molecule has 0 aromatic heterocycles. The number of alkyl carbamates (subject to hydrolysis) is 1. The van der Waals surface area contributed by atoms with Crippen molar-refractivity contribution in [3.63, 3.8) is 0 Å². The van der Waals surface area contributed by atoms with Crippen LogP contribution in [0.15, 0.2) is 36.4 Å². The molecule has 0 saturated carbocycles. The molecule has 1 unspecified atom stereocenters. The highest BCUT2D eigenvalue weighted by atomic mass is 16.6. The fourth-order valence-electron chi connectivity index (χ4n) is 2.56. The smallest absolute Gasteiger partial charge is 0.408 e. The Morgan fingerprint density at radius 3 is 2.44 bits per heavy atom. The minimum Gasteiger partial charge on any atom is -0.496 e. The molecule has 2 rings (SSSR count). The summed E-state index contributed by atoms with van der Waals surface area (Å²) in [6, 6.07) is 10.3. The average molecular weight is 345 g/mol. The maximum atomic E-state index is 11.9. The first-order valence-electron chi connectivity index (χ1n) is 7.98. The fraction of sp³-hybridized carbons (Fsp3) is 0.368. The van der Waals surface area contributed by atoms with Gasteiger partial charge in [-0.2, -0.15) is 0 Å². The molecule has 0 aliphatic carbocycles. The van der Waals surface area contributed by atoms with Gasteiger partial charge in [0, 0.05) is 11.8 Å². The van der Waals surface area contributed by atoms with E-state index in [1.54, 1.807) is 27.9 Å². The highest BCUT2D eigenvalue weighted by Crippen LogP contribution is 2.30. The zero-order chi connectivity index (χ0) is 18.6. The second kappa shape index (κ2) is 7.42. The number of amides is 1. The number of ether oxygens (including phenoxy) is 2. The Hall–Kier alpha value is -2.76. The number of carboxylic acid groups (broad SMARTS) is 1. The van der Waals surface area contributed by atoms with E-state index < -0.39 is 23.7 Å². The second-order valence-electron chi connectivity index (χ2n) is 6.72. The Labute approximate surface area is 146 Å². The van der Waals surface area contributed by atoms with Crippen molar-refractivity contribution in [2.45, 2.75) is 38.8 Å². The third-order valence-corrected chi connectivity index (χ3v) is 3.58.